The van der Waals surface area contributed by atoms with E-state index in [2.05, 4.69) is 65.4 Å². The van der Waals surface area contributed by atoms with Gasteiger partial charge in [-0.15, -0.1) is 20.4 Å². The second-order valence-corrected chi connectivity index (χ2v) is 9.50. The van der Waals surface area contributed by atoms with E-state index in [4.69, 9.17) is 16.0 Å². The molecule has 2 aromatic carbocycles. The van der Waals surface area contributed by atoms with Crippen molar-refractivity contribution in [1.29, 1.82) is 0 Å². The third-order valence-corrected chi connectivity index (χ3v) is 6.11. The molecule has 0 atom stereocenters. The fourth-order valence-corrected chi connectivity index (χ4v) is 4.14. The Hall–Kier alpha value is -2.64. The highest BCUT2D eigenvalue weighted by molar-refractivity contribution is 7.98. The lowest BCUT2D eigenvalue weighted by atomic mass is 9.87. The van der Waals surface area contributed by atoms with Crippen LogP contribution >= 0.6 is 23.4 Å². The van der Waals surface area contributed by atoms with Crippen LogP contribution in [-0.2, 0) is 17.6 Å². The summed E-state index contributed by atoms with van der Waals surface area (Å²) in [5, 5.41) is 18.4. The molecule has 0 N–H and O–H groups in total. The van der Waals surface area contributed by atoms with Crippen molar-refractivity contribution in [2.75, 3.05) is 0 Å². The van der Waals surface area contributed by atoms with Gasteiger partial charge in [0.1, 0.15) is 0 Å². The van der Waals surface area contributed by atoms with Gasteiger partial charge in [0.2, 0.25) is 11.8 Å². The molecule has 31 heavy (non-hydrogen) atoms. The molecule has 0 radical (unpaired) electrons. The summed E-state index contributed by atoms with van der Waals surface area (Å²) in [6.45, 7) is 8.58. The Balaban J connectivity index is 1.73. The van der Waals surface area contributed by atoms with E-state index < -0.39 is 0 Å². The summed E-state index contributed by atoms with van der Waals surface area (Å²) in [6.07, 6.45) is 0.710. The first-order chi connectivity index (χ1) is 14.9. The Morgan fingerprint density at radius 2 is 1.65 bits per heavy atom. The van der Waals surface area contributed by atoms with Gasteiger partial charge in [0.05, 0.1) is 16.5 Å². The minimum absolute atomic E-state index is 0.0807. The number of hydrogen-bond donors (Lipinski definition) is 0. The first-order valence-corrected chi connectivity index (χ1v) is 11.5. The lowest BCUT2D eigenvalue weighted by Gasteiger charge is -2.19. The number of aromatic nitrogens is 5. The Morgan fingerprint density at radius 3 is 2.29 bits per heavy atom. The molecule has 4 aromatic rings. The summed E-state index contributed by atoms with van der Waals surface area (Å²) in [5.41, 5.74) is 3.14. The minimum Gasteiger partial charge on any atom is -0.424 e. The predicted octanol–water partition coefficient (Wildman–Crippen LogP) is 6.12. The molecule has 0 saturated carbocycles. The third-order valence-electron chi connectivity index (χ3n) is 4.87. The minimum atomic E-state index is 0.0807. The number of rotatable bonds is 6. The summed E-state index contributed by atoms with van der Waals surface area (Å²) in [6, 6.07) is 16.1. The van der Waals surface area contributed by atoms with Crippen LogP contribution in [0.4, 0.5) is 0 Å². The number of halogens is 1. The molecule has 4 rings (SSSR count). The van der Waals surface area contributed by atoms with Crippen molar-refractivity contribution in [3.63, 3.8) is 0 Å². The van der Waals surface area contributed by atoms with Gasteiger partial charge in [-0.1, -0.05) is 87.5 Å². The molecule has 6 nitrogen and oxygen atoms in total. The van der Waals surface area contributed by atoms with Crippen LogP contribution < -0.4 is 0 Å². The van der Waals surface area contributed by atoms with Crippen molar-refractivity contribution in [2.24, 2.45) is 0 Å². The number of nitrogens with zero attached hydrogens (tertiary/aromatic N) is 5. The second kappa shape index (κ2) is 8.85. The number of para-hydroxylation sites is 1. The smallest absolute Gasteiger partial charge is 0.226 e. The first kappa shape index (κ1) is 21.6. The first-order valence-electron chi connectivity index (χ1n) is 10.1. The van der Waals surface area contributed by atoms with E-state index in [0.29, 0.717) is 34.1 Å². The zero-order chi connectivity index (χ0) is 22.0. The molecule has 0 bridgehead atoms. The summed E-state index contributed by atoms with van der Waals surface area (Å²) < 4.78 is 7.62. The summed E-state index contributed by atoms with van der Waals surface area (Å²) in [7, 11) is 0. The monoisotopic (exact) mass is 453 g/mol. The highest BCUT2D eigenvalue weighted by Gasteiger charge is 2.20. The third kappa shape index (κ3) is 4.67. The molecule has 0 saturated heterocycles. The lowest BCUT2D eigenvalue weighted by molar-refractivity contribution is 0.470. The average Bonchev–Trinajstić information content (AvgIpc) is 3.39. The van der Waals surface area contributed by atoms with E-state index in [1.165, 1.54) is 17.3 Å². The summed E-state index contributed by atoms with van der Waals surface area (Å²) in [4.78, 5) is 0. The van der Waals surface area contributed by atoms with Gasteiger partial charge in [-0.25, -0.2) is 0 Å². The van der Waals surface area contributed by atoms with E-state index in [9.17, 15) is 0 Å². The van der Waals surface area contributed by atoms with Crippen molar-refractivity contribution in [1.82, 2.24) is 25.0 Å². The second-order valence-electron chi connectivity index (χ2n) is 8.15. The van der Waals surface area contributed by atoms with Crippen LogP contribution in [0, 0.1) is 0 Å². The average molecular weight is 454 g/mol. The van der Waals surface area contributed by atoms with Crippen LogP contribution in [0.5, 0.6) is 0 Å². The zero-order valence-electron chi connectivity index (χ0n) is 18.0. The SMILES string of the molecule is CCc1nnc(CSc2nnc(-c3ccc(C(C)(C)C)cc3)n2-c2ccccc2Cl)o1. The number of thioether (sulfide) groups is 1. The van der Waals surface area contributed by atoms with Crippen molar-refractivity contribution < 1.29 is 4.42 Å². The molecule has 160 valence electrons. The molecule has 2 aromatic heterocycles. The topological polar surface area (TPSA) is 69.6 Å². The maximum absolute atomic E-state index is 6.54. The molecule has 0 fully saturated rings. The summed E-state index contributed by atoms with van der Waals surface area (Å²) in [5.74, 6) is 2.42. The Bertz CT molecular complexity index is 1180. The van der Waals surface area contributed by atoms with E-state index in [1.807, 2.05) is 35.8 Å². The maximum Gasteiger partial charge on any atom is 0.226 e. The molecule has 0 aliphatic carbocycles. The summed E-state index contributed by atoms with van der Waals surface area (Å²) >= 11 is 8.03. The van der Waals surface area contributed by atoms with E-state index in [0.717, 1.165) is 17.1 Å². The quantitative estimate of drug-likeness (QED) is 0.327. The lowest BCUT2D eigenvalue weighted by Crippen LogP contribution is -2.10. The van der Waals surface area contributed by atoms with Gasteiger partial charge in [-0.05, 0) is 23.1 Å². The van der Waals surface area contributed by atoms with Crippen molar-refractivity contribution in [2.45, 2.75) is 50.4 Å². The molecule has 0 unspecified atom stereocenters. The van der Waals surface area contributed by atoms with Gasteiger partial charge in [0.15, 0.2) is 11.0 Å². The maximum atomic E-state index is 6.54. The molecule has 2 heterocycles. The van der Waals surface area contributed by atoms with E-state index in [-0.39, 0.29) is 5.41 Å². The fraction of sp³-hybridized carbons (Fsp3) is 0.304. The van der Waals surface area contributed by atoms with Crippen LogP contribution in [0.25, 0.3) is 17.1 Å². The highest BCUT2D eigenvalue weighted by atomic mass is 35.5. The Kier molecular flexibility index (Phi) is 6.16. The highest BCUT2D eigenvalue weighted by Crippen LogP contribution is 2.33. The van der Waals surface area contributed by atoms with Gasteiger partial charge in [0.25, 0.3) is 0 Å². The largest absolute Gasteiger partial charge is 0.424 e. The molecule has 0 spiro atoms. The van der Waals surface area contributed by atoms with Crippen molar-refractivity contribution in [3.05, 3.63) is 70.9 Å². The molecule has 0 aliphatic rings. The van der Waals surface area contributed by atoms with Crippen molar-refractivity contribution in [3.8, 4) is 17.1 Å². The molecule has 8 heteroatoms. The zero-order valence-corrected chi connectivity index (χ0v) is 19.5. The molecule has 0 amide bonds. The van der Waals surface area contributed by atoms with Crippen molar-refractivity contribution >= 4 is 23.4 Å². The molecular formula is C23H24ClN5OS. The van der Waals surface area contributed by atoms with Gasteiger partial charge in [0, 0.05) is 12.0 Å². The van der Waals surface area contributed by atoms with Gasteiger partial charge in [-0.2, -0.15) is 0 Å². The Morgan fingerprint density at radius 1 is 0.935 bits per heavy atom. The van der Waals surface area contributed by atoms with Crippen LogP contribution in [0.3, 0.4) is 0 Å². The van der Waals surface area contributed by atoms with Crippen LogP contribution in [0.2, 0.25) is 5.02 Å². The fourth-order valence-electron chi connectivity index (χ4n) is 3.14. The standard InChI is InChI=1S/C23H24ClN5OS/c1-5-19-25-26-20(30-19)14-31-22-28-27-21(29(22)18-9-7-6-8-17(18)24)15-10-12-16(13-11-15)23(2,3)4/h6-13H,5,14H2,1-4H3. The van der Waals surface area contributed by atoms with Gasteiger partial charge in [-0.3, -0.25) is 4.57 Å². The van der Waals surface area contributed by atoms with Gasteiger partial charge < -0.3 is 4.42 Å². The molecular weight excluding hydrogens is 430 g/mol. The predicted molar refractivity (Wildman–Crippen MR) is 124 cm³/mol. The normalized spacial score (nSPS) is 11.8. The van der Waals surface area contributed by atoms with Crippen LogP contribution in [0.15, 0.2) is 58.1 Å². The van der Waals surface area contributed by atoms with E-state index in [1.54, 1.807) is 0 Å². The number of aryl methyl sites for hydroxylation is 1. The number of benzene rings is 2. The van der Waals surface area contributed by atoms with Crippen LogP contribution in [-0.4, -0.2) is 25.0 Å². The van der Waals surface area contributed by atoms with Crippen LogP contribution in [0.1, 0.15) is 45.0 Å². The number of hydrogen-bond acceptors (Lipinski definition) is 6. The van der Waals surface area contributed by atoms with Gasteiger partial charge >= 0.3 is 0 Å². The van der Waals surface area contributed by atoms with E-state index >= 15 is 0 Å². The molecule has 0 aliphatic heterocycles. The Labute approximate surface area is 191 Å².